The number of aliphatic hydroxyl groups excluding tert-OH is 1. The fourth-order valence-corrected chi connectivity index (χ4v) is 0. The van der Waals surface area contributed by atoms with Gasteiger partial charge < -0.3 is 10.2 Å². The molecule has 0 spiro atoms. The van der Waals surface area contributed by atoms with Gasteiger partial charge in [0, 0.05) is 39.2 Å². The molecule has 0 aromatic rings. The second-order valence-corrected chi connectivity index (χ2v) is 1.06. The summed E-state index contributed by atoms with van der Waals surface area (Å²) in [6.45, 7) is 3.53. The topological polar surface area (TPSA) is 57.5 Å². The third kappa shape index (κ3) is 61.9. The Morgan fingerprint density at radius 3 is 1.56 bits per heavy atom. The van der Waals surface area contributed by atoms with Crippen LogP contribution in [0.2, 0.25) is 0 Å². The summed E-state index contributed by atoms with van der Waals surface area (Å²) < 4.78 is 0. The van der Waals surface area contributed by atoms with E-state index in [1.807, 2.05) is 0 Å². The van der Waals surface area contributed by atoms with E-state index < -0.39 is 5.97 Å². The molecule has 0 aromatic carbocycles. The van der Waals surface area contributed by atoms with E-state index in [0.717, 1.165) is 0 Å². The summed E-state index contributed by atoms with van der Waals surface area (Å²) in [5.74, 6) is -0.745. The summed E-state index contributed by atoms with van der Waals surface area (Å²) in [5.41, 5.74) is 0. The zero-order valence-corrected chi connectivity index (χ0v) is 8.17. The number of hydrogen-bond donors (Lipinski definition) is 2. The maximum absolute atomic E-state index is 9.37. The zero-order valence-electron chi connectivity index (χ0n) is 5.72. The number of hydrogen-bond acceptors (Lipinski definition) is 2. The first-order valence-corrected chi connectivity index (χ1v) is 2.51. The van der Waals surface area contributed by atoms with Gasteiger partial charge in [-0.3, -0.25) is 4.79 Å². The van der Waals surface area contributed by atoms with Crippen LogP contribution in [-0.2, 0) is 31.0 Å². The normalized spacial score (nSPS) is 6.11. The van der Waals surface area contributed by atoms with Gasteiger partial charge in [0.05, 0.1) is 0 Å². The van der Waals surface area contributed by atoms with Crippen molar-refractivity contribution in [3.63, 3.8) is 0 Å². The van der Waals surface area contributed by atoms with E-state index in [-0.39, 0.29) is 39.2 Å². The van der Waals surface area contributed by atoms with Gasteiger partial charge in [-0.05, 0) is 6.92 Å². The molecule has 0 saturated heterocycles. The van der Waals surface area contributed by atoms with Crippen LogP contribution in [0, 0.1) is 0 Å². The van der Waals surface area contributed by atoms with Crippen LogP contribution in [0.4, 0.5) is 0 Å². The second-order valence-electron chi connectivity index (χ2n) is 1.06. The summed E-state index contributed by atoms with van der Waals surface area (Å²) in [6, 6.07) is 0. The summed E-state index contributed by atoms with van der Waals surface area (Å²) in [4.78, 5) is 9.37. The van der Waals surface area contributed by atoms with E-state index in [1.54, 1.807) is 13.8 Å². The fourth-order valence-electron chi connectivity index (χ4n) is 0. The first kappa shape index (κ1) is 16.1. The molecule has 54 valence electrons. The third-order valence-corrected chi connectivity index (χ3v) is 0.302. The Labute approximate surface area is 74.2 Å². The van der Waals surface area contributed by atoms with Gasteiger partial charge in [-0.25, -0.2) is 0 Å². The van der Waals surface area contributed by atoms with Crippen LogP contribution in [0.15, 0.2) is 0 Å². The zero-order chi connectivity index (χ0) is 6.99. The molecule has 3 nitrogen and oxygen atoms in total. The minimum Gasteiger partial charge on any atom is -0.481 e. The Balaban J connectivity index is -0.0000000800. The standard InChI is InChI=1S/C3H6O2.C2H6O.Zr/c1-2-3(4)5;1-2-3;/h2H2,1H3,(H,4,5);3H,2H2,1H3;. The van der Waals surface area contributed by atoms with E-state index in [4.69, 9.17) is 10.2 Å². The molecule has 0 rings (SSSR count). The molecular weight excluding hydrogens is 199 g/mol. The maximum Gasteiger partial charge on any atom is 0.303 e. The van der Waals surface area contributed by atoms with Gasteiger partial charge in [-0.2, -0.15) is 0 Å². The minimum atomic E-state index is -0.745. The number of rotatable bonds is 1. The summed E-state index contributed by atoms with van der Waals surface area (Å²) in [7, 11) is 0. The van der Waals surface area contributed by atoms with Gasteiger partial charge in [0.2, 0.25) is 0 Å². The molecule has 0 amide bonds. The molecular formula is C5H12O3Zr. The number of carboxylic acids is 1. The third-order valence-electron chi connectivity index (χ3n) is 0.302. The van der Waals surface area contributed by atoms with E-state index >= 15 is 0 Å². The summed E-state index contributed by atoms with van der Waals surface area (Å²) in [5, 5.41) is 15.3. The van der Waals surface area contributed by atoms with Gasteiger partial charge in [0.1, 0.15) is 0 Å². The Morgan fingerprint density at radius 2 is 1.56 bits per heavy atom. The Bertz CT molecular complexity index is 56.2. The van der Waals surface area contributed by atoms with Crippen LogP contribution < -0.4 is 0 Å². The van der Waals surface area contributed by atoms with Crippen molar-refractivity contribution >= 4 is 5.97 Å². The largest absolute Gasteiger partial charge is 0.481 e. The fraction of sp³-hybridized carbons (Fsp3) is 0.800. The molecule has 0 aliphatic rings. The Kier molecular flexibility index (Phi) is 28.3. The van der Waals surface area contributed by atoms with Crippen molar-refractivity contribution in [1.82, 2.24) is 0 Å². The van der Waals surface area contributed by atoms with Crippen LogP contribution >= 0.6 is 0 Å². The Morgan fingerprint density at radius 1 is 1.44 bits per heavy atom. The van der Waals surface area contributed by atoms with Crippen molar-refractivity contribution in [2.45, 2.75) is 20.3 Å². The van der Waals surface area contributed by atoms with Gasteiger partial charge in [0.25, 0.3) is 0 Å². The van der Waals surface area contributed by atoms with Crippen LogP contribution in [0.5, 0.6) is 0 Å². The number of aliphatic hydroxyl groups is 1. The Hall–Kier alpha value is 0.313. The monoisotopic (exact) mass is 210 g/mol. The number of carboxylic acid groups (broad SMARTS) is 1. The van der Waals surface area contributed by atoms with Crippen molar-refractivity contribution in [2.24, 2.45) is 0 Å². The molecule has 0 atom stereocenters. The predicted octanol–water partition coefficient (Wildman–Crippen LogP) is 0.477. The molecule has 9 heavy (non-hydrogen) atoms. The quantitative estimate of drug-likeness (QED) is 0.663. The molecule has 0 fully saturated rings. The first-order chi connectivity index (χ1) is 3.68. The molecule has 0 aliphatic heterocycles. The SMILES string of the molecule is CCC(=O)O.CCO.[Zr]. The van der Waals surface area contributed by atoms with E-state index in [0.29, 0.717) is 0 Å². The molecule has 0 saturated carbocycles. The van der Waals surface area contributed by atoms with Crippen LogP contribution in [0.1, 0.15) is 20.3 Å². The average Bonchev–Trinajstić information content (AvgIpc) is 1.69. The first-order valence-electron chi connectivity index (χ1n) is 2.51. The van der Waals surface area contributed by atoms with Crippen LogP contribution in [-0.4, -0.2) is 22.8 Å². The van der Waals surface area contributed by atoms with Crippen LogP contribution in [0.3, 0.4) is 0 Å². The molecule has 0 unspecified atom stereocenters. The average molecular weight is 211 g/mol. The molecule has 4 heteroatoms. The minimum absolute atomic E-state index is 0. The number of carbonyl (C=O) groups is 1. The van der Waals surface area contributed by atoms with Gasteiger partial charge in [-0.15, -0.1) is 0 Å². The summed E-state index contributed by atoms with van der Waals surface area (Å²) in [6.07, 6.45) is 0.222. The van der Waals surface area contributed by atoms with Crippen molar-refractivity contribution in [1.29, 1.82) is 0 Å². The molecule has 0 aliphatic carbocycles. The molecule has 0 aromatic heterocycles. The van der Waals surface area contributed by atoms with Crippen molar-refractivity contribution in [3.05, 3.63) is 0 Å². The van der Waals surface area contributed by atoms with Gasteiger partial charge in [0.15, 0.2) is 0 Å². The molecule has 0 bridgehead atoms. The van der Waals surface area contributed by atoms with E-state index in [9.17, 15) is 4.79 Å². The predicted molar refractivity (Wildman–Crippen MR) is 30.7 cm³/mol. The molecule has 0 heterocycles. The van der Waals surface area contributed by atoms with E-state index in [1.165, 1.54) is 0 Å². The smallest absolute Gasteiger partial charge is 0.303 e. The van der Waals surface area contributed by atoms with Gasteiger partial charge >= 0.3 is 5.97 Å². The maximum atomic E-state index is 9.37. The summed E-state index contributed by atoms with van der Waals surface area (Å²) >= 11 is 0. The molecule has 2 N–H and O–H groups in total. The van der Waals surface area contributed by atoms with Crippen LogP contribution in [0.25, 0.3) is 0 Å². The van der Waals surface area contributed by atoms with Crippen molar-refractivity contribution in [3.8, 4) is 0 Å². The number of aliphatic carboxylic acids is 1. The van der Waals surface area contributed by atoms with Crippen molar-refractivity contribution < 1.29 is 41.2 Å². The van der Waals surface area contributed by atoms with Crippen molar-refractivity contribution in [2.75, 3.05) is 6.61 Å². The van der Waals surface area contributed by atoms with E-state index in [2.05, 4.69) is 0 Å². The molecule has 0 radical (unpaired) electrons. The second kappa shape index (κ2) is 15.7. The van der Waals surface area contributed by atoms with Gasteiger partial charge in [-0.1, -0.05) is 6.92 Å².